The Bertz CT molecular complexity index is 920. The number of rotatable bonds is 6. The van der Waals surface area contributed by atoms with Crippen LogP contribution in [0.25, 0.3) is 6.08 Å². The van der Waals surface area contributed by atoms with Gasteiger partial charge < -0.3 is 18.9 Å². The van der Waals surface area contributed by atoms with E-state index < -0.39 is 10.9 Å². The second kappa shape index (κ2) is 7.77. The highest BCUT2D eigenvalue weighted by Crippen LogP contribution is 2.37. The van der Waals surface area contributed by atoms with Crippen LogP contribution in [0.15, 0.2) is 42.0 Å². The Morgan fingerprint density at radius 3 is 2.78 bits per heavy atom. The van der Waals surface area contributed by atoms with E-state index in [9.17, 15) is 14.9 Å². The van der Waals surface area contributed by atoms with Gasteiger partial charge in [-0.2, -0.15) is 0 Å². The summed E-state index contributed by atoms with van der Waals surface area (Å²) in [5, 5.41) is 11.2. The van der Waals surface area contributed by atoms with Crippen molar-refractivity contribution in [3.8, 4) is 23.0 Å². The number of hydrogen-bond acceptors (Lipinski definition) is 7. The second-order valence-corrected chi connectivity index (χ2v) is 5.55. The van der Waals surface area contributed by atoms with Crippen molar-refractivity contribution in [3.05, 3.63) is 57.6 Å². The molecule has 140 valence electrons. The van der Waals surface area contributed by atoms with E-state index in [0.717, 1.165) is 0 Å². The molecule has 3 rings (SSSR count). The van der Waals surface area contributed by atoms with E-state index in [4.69, 9.17) is 18.9 Å². The predicted octanol–water partition coefficient (Wildman–Crippen LogP) is 3.38. The van der Waals surface area contributed by atoms with Crippen LogP contribution in [0.5, 0.6) is 23.0 Å². The Balaban J connectivity index is 1.86. The van der Waals surface area contributed by atoms with Crippen LogP contribution >= 0.6 is 0 Å². The summed E-state index contributed by atoms with van der Waals surface area (Å²) in [5.74, 6) is 0.533. The molecule has 0 bridgehead atoms. The lowest BCUT2D eigenvalue weighted by Gasteiger charge is -2.19. The van der Waals surface area contributed by atoms with E-state index in [1.54, 1.807) is 24.3 Å². The van der Waals surface area contributed by atoms with E-state index >= 15 is 0 Å². The predicted molar refractivity (Wildman–Crippen MR) is 96.4 cm³/mol. The smallest absolute Gasteiger partial charge is 0.343 e. The van der Waals surface area contributed by atoms with Crippen LogP contribution in [0.3, 0.4) is 0 Å². The molecule has 2 aromatic rings. The summed E-state index contributed by atoms with van der Waals surface area (Å²) < 4.78 is 21.3. The molecule has 27 heavy (non-hydrogen) atoms. The minimum atomic E-state index is -0.726. The molecule has 0 atom stereocenters. The van der Waals surface area contributed by atoms with Gasteiger partial charge in [0.25, 0.3) is 0 Å². The maximum atomic E-state index is 12.5. The van der Waals surface area contributed by atoms with E-state index in [-0.39, 0.29) is 23.6 Å². The number of nitrogens with zero attached hydrogens (tertiary/aromatic N) is 1. The molecule has 0 radical (unpaired) electrons. The quantitative estimate of drug-likeness (QED) is 0.332. The molecule has 0 fully saturated rings. The molecule has 1 heterocycles. The summed E-state index contributed by atoms with van der Waals surface area (Å²) in [4.78, 5) is 23.0. The fraction of sp³-hybridized carbons (Fsp3) is 0.211. The van der Waals surface area contributed by atoms with E-state index in [0.29, 0.717) is 29.4 Å². The van der Waals surface area contributed by atoms with Crippen LogP contribution in [0, 0.1) is 10.1 Å². The summed E-state index contributed by atoms with van der Waals surface area (Å²) in [7, 11) is 1.39. The van der Waals surface area contributed by atoms with Crippen molar-refractivity contribution >= 4 is 17.7 Å². The number of ether oxygens (including phenoxy) is 4. The standard InChI is InChI=1S/C19H17NO7/c1-3-25-17-6-4-5-12-9-13(11-26-18(12)17)19(21)27-16-8-7-14(24-2)10-15(16)20(22)23/h4-10H,3,11H2,1-2H3. The highest BCUT2D eigenvalue weighted by atomic mass is 16.6. The summed E-state index contributed by atoms with van der Waals surface area (Å²) >= 11 is 0. The molecule has 0 N–H and O–H groups in total. The molecular weight excluding hydrogens is 354 g/mol. The fourth-order valence-corrected chi connectivity index (χ4v) is 2.59. The first kappa shape index (κ1) is 18.2. The Kier molecular flexibility index (Phi) is 5.25. The van der Waals surface area contributed by atoms with E-state index in [1.165, 1.54) is 25.3 Å². The zero-order valence-electron chi connectivity index (χ0n) is 14.8. The number of para-hydroxylation sites is 1. The number of hydrogen-bond donors (Lipinski definition) is 0. The average molecular weight is 371 g/mol. The van der Waals surface area contributed by atoms with Gasteiger partial charge in [-0.05, 0) is 31.2 Å². The molecule has 0 saturated carbocycles. The van der Waals surface area contributed by atoms with Crippen LogP contribution in [0.4, 0.5) is 5.69 Å². The van der Waals surface area contributed by atoms with Gasteiger partial charge in [0, 0.05) is 5.56 Å². The number of benzene rings is 2. The molecule has 0 amide bonds. The van der Waals surface area contributed by atoms with Gasteiger partial charge in [0.1, 0.15) is 12.4 Å². The number of methoxy groups -OCH3 is 1. The van der Waals surface area contributed by atoms with Gasteiger partial charge in [0.15, 0.2) is 11.5 Å². The van der Waals surface area contributed by atoms with Crippen molar-refractivity contribution < 1.29 is 28.7 Å². The lowest BCUT2D eigenvalue weighted by Crippen LogP contribution is -2.20. The highest BCUT2D eigenvalue weighted by molar-refractivity contribution is 5.97. The largest absolute Gasteiger partial charge is 0.496 e. The Morgan fingerprint density at radius 1 is 1.26 bits per heavy atom. The van der Waals surface area contributed by atoms with E-state index in [1.807, 2.05) is 6.92 Å². The van der Waals surface area contributed by atoms with Gasteiger partial charge in [-0.25, -0.2) is 4.79 Å². The third kappa shape index (κ3) is 3.84. The molecular formula is C19H17NO7. The maximum absolute atomic E-state index is 12.5. The summed E-state index contributed by atoms with van der Waals surface area (Å²) in [6, 6.07) is 9.33. The number of nitro benzene ring substituents is 1. The van der Waals surface area contributed by atoms with Crippen LogP contribution in [-0.2, 0) is 4.79 Å². The summed E-state index contributed by atoms with van der Waals surface area (Å²) in [5.41, 5.74) is 0.545. The van der Waals surface area contributed by atoms with Crippen molar-refractivity contribution in [2.24, 2.45) is 0 Å². The van der Waals surface area contributed by atoms with Crippen LogP contribution in [0.1, 0.15) is 12.5 Å². The van der Waals surface area contributed by atoms with Gasteiger partial charge in [-0.1, -0.05) is 12.1 Å². The highest BCUT2D eigenvalue weighted by Gasteiger charge is 2.25. The first-order chi connectivity index (χ1) is 13.0. The number of carbonyl (C=O) groups excluding carboxylic acids is 1. The second-order valence-electron chi connectivity index (χ2n) is 5.55. The van der Waals surface area contributed by atoms with Gasteiger partial charge in [0.05, 0.1) is 30.3 Å². The Morgan fingerprint density at radius 2 is 2.07 bits per heavy atom. The number of nitro groups is 1. The lowest BCUT2D eigenvalue weighted by atomic mass is 10.1. The molecule has 0 spiro atoms. The molecule has 2 aromatic carbocycles. The van der Waals surface area contributed by atoms with Crippen molar-refractivity contribution in [2.75, 3.05) is 20.3 Å². The summed E-state index contributed by atoms with van der Waals surface area (Å²) in [6.07, 6.45) is 1.62. The van der Waals surface area contributed by atoms with Crippen LogP contribution < -0.4 is 18.9 Å². The van der Waals surface area contributed by atoms with Crippen molar-refractivity contribution in [1.82, 2.24) is 0 Å². The molecule has 0 aliphatic carbocycles. The van der Waals surface area contributed by atoms with Gasteiger partial charge >= 0.3 is 11.7 Å². The first-order valence-electron chi connectivity index (χ1n) is 8.17. The van der Waals surface area contributed by atoms with Crippen molar-refractivity contribution in [3.63, 3.8) is 0 Å². The number of esters is 1. The van der Waals surface area contributed by atoms with Crippen LogP contribution in [0.2, 0.25) is 0 Å². The molecule has 0 saturated heterocycles. The average Bonchev–Trinajstić information content (AvgIpc) is 2.68. The molecule has 8 heteroatoms. The third-order valence-corrected chi connectivity index (χ3v) is 3.84. The molecule has 8 nitrogen and oxygen atoms in total. The number of carbonyl (C=O) groups is 1. The lowest BCUT2D eigenvalue weighted by molar-refractivity contribution is -0.385. The minimum Gasteiger partial charge on any atom is -0.496 e. The van der Waals surface area contributed by atoms with Gasteiger partial charge in [0.2, 0.25) is 5.75 Å². The topological polar surface area (TPSA) is 97.1 Å². The minimum absolute atomic E-state index is 0.0279. The van der Waals surface area contributed by atoms with Crippen molar-refractivity contribution in [2.45, 2.75) is 6.92 Å². The molecule has 1 aliphatic heterocycles. The zero-order chi connectivity index (χ0) is 19.4. The normalized spacial score (nSPS) is 12.3. The number of fused-ring (bicyclic) bond motifs is 1. The molecule has 0 aromatic heterocycles. The third-order valence-electron chi connectivity index (χ3n) is 3.84. The first-order valence-corrected chi connectivity index (χ1v) is 8.17. The van der Waals surface area contributed by atoms with Gasteiger partial charge in [-0.3, -0.25) is 10.1 Å². The Hall–Kier alpha value is -3.55. The SMILES string of the molecule is CCOc1cccc2c1OCC(C(=O)Oc1ccc(OC)cc1[N+](=O)[O-])=C2. The fourth-order valence-electron chi connectivity index (χ4n) is 2.59. The Labute approximate surface area is 155 Å². The zero-order valence-corrected chi connectivity index (χ0v) is 14.8. The van der Waals surface area contributed by atoms with E-state index in [2.05, 4.69) is 0 Å². The van der Waals surface area contributed by atoms with Crippen molar-refractivity contribution in [1.29, 1.82) is 0 Å². The maximum Gasteiger partial charge on any atom is 0.343 e. The van der Waals surface area contributed by atoms with Gasteiger partial charge in [-0.15, -0.1) is 0 Å². The monoisotopic (exact) mass is 371 g/mol. The summed E-state index contributed by atoms with van der Waals surface area (Å²) in [6.45, 7) is 2.32. The molecule has 1 aliphatic rings. The van der Waals surface area contributed by atoms with Crippen LogP contribution in [-0.4, -0.2) is 31.2 Å². The molecule has 0 unspecified atom stereocenters.